The van der Waals surface area contributed by atoms with Crippen LogP contribution in [0.3, 0.4) is 0 Å². The maximum Gasteiger partial charge on any atom is 0.218 e. The van der Waals surface area contributed by atoms with E-state index < -0.39 is 0 Å². The van der Waals surface area contributed by atoms with Crippen molar-refractivity contribution in [2.45, 2.75) is 6.54 Å². The fraction of sp³-hybridized carbons (Fsp3) is 0.333. The van der Waals surface area contributed by atoms with Gasteiger partial charge in [-0.25, -0.2) is 4.99 Å². The van der Waals surface area contributed by atoms with Crippen molar-refractivity contribution >= 4 is 23.3 Å². The van der Waals surface area contributed by atoms with E-state index in [0.29, 0.717) is 12.5 Å². The first kappa shape index (κ1) is 11.5. The fourth-order valence-corrected chi connectivity index (χ4v) is 1.44. The third kappa shape index (κ3) is 3.99. The molecule has 0 saturated carbocycles. The van der Waals surface area contributed by atoms with Crippen LogP contribution in [-0.2, 0) is 6.54 Å². The normalized spacial score (nSPS) is 12.9. The van der Waals surface area contributed by atoms with Crippen LogP contribution < -0.4 is 11.5 Å². The first-order valence-corrected chi connectivity index (χ1v) is 5.31. The van der Waals surface area contributed by atoms with Crippen molar-refractivity contribution in [2.24, 2.45) is 21.5 Å². The number of nitrogens with zero attached hydrogens (tertiary/aromatic N) is 3. The highest BCUT2D eigenvalue weighted by atomic mass is 32.1. The first-order chi connectivity index (χ1) is 7.09. The Balaban J connectivity index is 2.57. The van der Waals surface area contributed by atoms with Gasteiger partial charge in [0.2, 0.25) is 5.96 Å². The smallest absolute Gasteiger partial charge is 0.218 e. The van der Waals surface area contributed by atoms with Crippen LogP contribution in [0.15, 0.2) is 27.5 Å². The molecule has 15 heavy (non-hydrogen) atoms. The van der Waals surface area contributed by atoms with Crippen molar-refractivity contribution in [1.82, 2.24) is 4.90 Å². The zero-order valence-corrected chi connectivity index (χ0v) is 9.66. The molecular formula is C9H15N5S. The van der Waals surface area contributed by atoms with Crippen molar-refractivity contribution in [3.8, 4) is 0 Å². The van der Waals surface area contributed by atoms with Crippen LogP contribution in [0.4, 0.5) is 0 Å². The zero-order chi connectivity index (χ0) is 11.3. The standard InChI is InChI=1S/C9H15N5S/c1-14(2)9(11)13-8(10)12-6-7-4-3-5-15-7/h3-5H,6H2,1-2H3,(H4,10,11,12,13). The maximum absolute atomic E-state index is 5.59. The summed E-state index contributed by atoms with van der Waals surface area (Å²) in [5.74, 6) is 0.553. The van der Waals surface area contributed by atoms with Crippen molar-refractivity contribution in [3.05, 3.63) is 22.4 Å². The number of rotatable bonds is 2. The third-order valence-electron chi connectivity index (χ3n) is 1.66. The highest BCUT2D eigenvalue weighted by Gasteiger charge is 1.96. The van der Waals surface area contributed by atoms with Crippen molar-refractivity contribution in [1.29, 1.82) is 0 Å². The van der Waals surface area contributed by atoms with E-state index in [1.165, 1.54) is 0 Å². The Hall–Kier alpha value is -1.56. The topological polar surface area (TPSA) is 80.0 Å². The van der Waals surface area contributed by atoms with E-state index in [0.717, 1.165) is 4.88 Å². The van der Waals surface area contributed by atoms with E-state index in [2.05, 4.69) is 9.98 Å². The predicted molar refractivity (Wildman–Crippen MR) is 65.0 cm³/mol. The minimum atomic E-state index is 0.203. The van der Waals surface area contributed by atoms with Gasteiger partial charge in [0.05, 0.1) is 6.54 Å². The zero-order valence-electron chi connectivity index (χ0n) is 8.84. The molecule has 1 rings (SSSR count). The summed E-state index contributed by atoms with van der Waals surface area (Å²) in [6.07, 6.45) is 0. The molecule has 0 atom stereocenters. The minimum absolute atomic E-state index is 0.203. The van der Waals surface area contributed by atoms with Crippen LogP contribution in [0.2, 0.25) is 0 Å². The Morgan fingerprint density at radius 1 is 1.47 bits per heavy atom. The quantitative estimate of drug-likeness (QED) is 0.566. The van der Waals surface area contributed by atoms with Crippen molar-refractivity contribution in [3.63, 3.8) is 0 Å². The Bertz CT molecular complexity index is 353. The highest BCUT2D eigenvalue weighted by molar-refractivity contribution is 7.09. The lowest BCUT2D eigenvalue weighted by molar-refractivity contribution is 0.615. The van der Waals surface area contributed by atoms with Gasteiger partial charge in [-0.05, 0) is 11.4 Å². The Morgan fingerprint density at radius 3 is 2.73 bits per heavy atom. The summed E-state index contributed by atoms with van der Waals surface area (Å²) >= 11 is 1.64. The van der Waals surface area contributed by atoms with Gasteiger partial charge in [0.25, 0.3) is 0 Å². The summed E-state index contributed by atoms with van der Waals surface area (Å²) in [6.45, 7) is 0.549. The molecule has 0 aliphatic heterocycles. The van der Waals surface area contributed by atoms with Gasteiger partial charge in [-0.2, -0.15) is 4.99 Å². The van der Waals surface area contributed by atoms with Gasteiger partial charge < -0.3 is 16.4 Å². The van der Waals surface area contributed by atoms with Gasteiger partial charge in [0.1, 0.15) is 0 Å². The molecule has 1 heterocycles. The van der Waals surface area contributed by atoms with Crippen LogP contribution in [0.5, 0.6) is 0 Å². The summed E-state index contributed by atoms with van der Waals surface area (Å²) in [6, 6.07) is 3.98. The monoisotopic (exact) mass is 225 g/mol. The van der Waals surface area contributed by atoms with Gasteiger partial charge in [-0.3, -0.25) is 0 Å². The largest absolute Gasteiger partial charge is 0.369 e. The Labute approximate surface area is 93.1 Å². The van der Waals surface area contributed by atoms with Crippen LogP contribution in [0.25, 0.3) is 0 Å². The summed E-state index contributed by atoms with van der Waals surface area (Å²) in [4.78, 5) is 10.9. The molecule has 1 aromatic rings. The Morgan fingerprint density at radius 2 is 2.20 bits per heavy atom. The number of thiophene rings is 1. The molecule has 1 aromatic heterocycles. The maximum atomic E-state index is 5.59. The van der Waals surface area contributed by atoms with Crippen molar-refractivity contribution in [2.75, 3.05) is 14.1 Å². The molecule has 6 heteroatoms. The molecule has 0 fully saturated rings. The van der Waals surface area contributed by atoms with Crippen LogP contribution in [-0.4, -0.2) is 30.9 Å². The van der Waals surface area contributed by atoms with Gasteiger partial charge in [0, 0.05) is 19.0 Å². The predicted octanol–water partition coefficient (Wildman–Crippen LogP) is 0.439. The summed E-state index contributed by atoms with van der Waals surface area (Å²) < 4.78 is 0. The molecule has 0 unspecified atom stereocenters. The van der Waals surface area contributed by atoms with E-state index in [4.69, 9.17) is 11.5 Å². The molecule has 0 aliphatic rings. The average Bonchev–Trinajstić information content (AvgIpc) is 2.66. The fourth-order valence-electron chi connectivity index (χ4n) is 0.814. The third-order valence-corrected chi connectivity index (χ3v) is 2.53. The Kier molecular flexibility index (Phi) is 4.11. The van der Waals surface area contributed by atoms with Crippen LogP contribution in [0.1, 0.15) is 4.88 Å². The van der Waals surface area contributed by atoms with Gasteiger partial charge in [-0.1, -0.05) is 6.07 Å². The van der Waals surface area contributed by atoms with Gasteiger partial charge in [0.15, 0.2) is 5.96 Å². The van der Waals surface area contributed by atoms with E-state index in [9.17, 15) is 0 Å². The second-order valence-corrected chi connectivity index (χ2v) is 4.15. The molecule has 0 aliphatic carbocycles. The molecule has 0 spiro atoms. The first-order valence-electron chi connectivity index (χ1n) is 4.43. The second kappa shape index (κ2) is 5.35. The molecule has 0 radical (unpaired) electrons. The number of guanidine groups is 2. The molecule has 5 nitrogen and oxygen atoms in total. The molecule has 4 N–H and O–H groups in total. The summed E-state index contributed by atoms with van der Waals surface area (Å²) in [5.41, 5.74) is 11.2. The second-order valence-electron chi connectivity index (χ2n) is 3.12. The highest BCUT2D eigenvalue weighted by Crippen LogP contribution is 2.09. The van der Waals surface area contributed by atoms with Crippen LogP contribution >= 0.6 is 11.3 Å². The molecule has 82 valence electrons. The van der Waals surface area contributed by atoms with Crippen LogP contribution in [0, 0.1) is 0 Å². The molecule has 0 bridgehead atoms. The number of nitrogens with two attached hydrogens (primary N) is 2. The number of hydrogen-bond donors (Lipinski definition) is 2. The molecule has 0 aromatic carbocycles. The van der Waals surface area contributed by atoms with Gasteiger partial charge >= 0.3 is 0 Å². The van der Waals surface area contributed by atoms with E-state index in [-0.39, 0.29) is 5.96 Å². The van der Waals surface area contributed by atoms with E-state index in [1.807, 2.05) is 17.5 Å². The summed E-state index contributed by atoms with van der Waals surface area (Å²) in [5, 5.41) is 2.00. The lowest BCUT2D eigenvalue weighted by atomic mass is 10.5. The lowest BCUT2D eigenvalue weighted by Gasteiger charge is -2.09. The lowest BCUT2D eigenvalue weighted by Crippen LogP contribution is -2.32. The van der Waals surface area contributed by atoms with Crippen molar-refractivity contribution < 1.29 is 0 Å². The van der Waals surface area contributed by atoms with E-state index >= 15 is 0 Å². The SMILES string of the molecule is CN(C)/C(N)=N/C(N)=NCc1cccs1. The average molecular weight is 225 g/mol. The van der Waals surface area contributed by atoms with Gasteiger partial charge in [-0.15, -0.1) is 11.3 Å². The minimum Gasteiger partial charge on any atom is -0.369 e. The number of aliphatic imine (C=N–C) groups is 2. The number of hydrogen-bond acceptors (Lipinski definition) is 2. The summed E-state index contributed by atoms with van der Waals surface area (Å²) in [7, 11) is 3.59. The molecule has 0 saturated heterocycles. The van der Waals surface area contributed by atoms with E-state index in [1.54, 1.807) is 30.3 Å². The molecular weight excluding hydrogens is 210 g/mol. The molecule has 0 amide bonds.